The van der Waals surface area contributed by atoms with Crippen LogP contribution in [-0.4, -0.2) is 38.8 Å². The van der Waals surface area contributed by atoms with Gasteiger partial charge in [-0.25, -0.2) is 0 Å². The first kappa shape index (κ1) is 19.9. The Morgan fingerprint density at radius 1 is 1.12 bits per heavy atom. The first-order chi connectivity index (χ1) is 11.7. The summed E-state index contributed by atoms with van der Waals surface area (Å²) in [6.45, 7) is 3.77. The van der Waals surface area contributed by atoms with Crippen LogP contribution in [0.5, 0.6) is 11.5 Å². The van der Waals surface area contributed by atoms with Gasteiger partial charge in [-0.15, -0.1) is 12.4 Å². The molecule has 25 heavy (non-hydrogen) atoms. The van der Waals surface area contributed by atoms with Gasteiger partial charge in [-0.3, -0.25) is 4.90 Å². The highest BCUT2D eigenvalue weighted by molar-refractivity contribution is 6.30. The van der Waals surface area contributed by atoms with Crippen LogP contribution < -0.4 is 14.8 Å². The van der Waals surface area contributed by atoms with Gasteiger partial charge in [0.1, 0.15) is 0 Å². The fraction of sp³-hybridized carbons (Fsp3) is 0.368. The van der Waals surface area contributed by atoms with Crippen molar-refractivity contribution in [1.82, 2.24) is 10.2 Å². The summed E-state index contributed by atoms with van der Waals surface area (Å²) in [5.41, 5.74) is 2.46. The average molecular weight is 383 g/mol. The van der Waals surface area contributed by atoms with Gasteiger partial charge >= 0.3 is 0 Å². The summed E-state index contributed by atoms with van der Waals surface area (Å²) in [5, 5.41) is 4.26. The van der Waals surface area contributed by atoms with E-state index in [1.54, 1.807) is 14.2 Å². The molecule has 1 aliphatic heterocycles. The minimum atomic E-state index is 0. The van der Waals surface area contributed by atoms with Crippen LogP contribution >= 0.6 is 24.0 Å². The Bertz CT molecular complexity index is 697. The van der Waals surface area contributed by atoms with Gasteiger partial charge in [0.15, 0.2) is 11.5 Å². The van der Waals surface area contributed by atoms with Crippen molar-refractivity contribution in [3.63, 3.8) is 0 Å². The van der Waals surface area contributed by atoms with Crippen molar-refractivity contribution >= 4 is 24.0 Å². The molecule has 2 aromatic carbocycles. The molecule has 0 saturated carbocycles. The number of nitrogens with zero attached hydrogens (tertiary/aromatic N) is 1. The van der Waals surface area contributed by atoms with E-state index < -0.39 is 0 Å². The molecule has 0 radical (unpaired) electrons. The molecule has 136 valence electrons. The van der Waals surface area contributed by atoms with Crippen LogP contribution in [0.25, 0.3) is 0 Å². The van der Waals surface area contributed by atoms with E-state index in [2.05, 4.69) is 34.5 Å². The highest BCUT2D eigenvalue weighted by Gasteiger charge is 2.24. The minimum absolute atomic E-state index is 0. The highest BCUT2D eigenvalue weighted by atomic mass is 35.5. The first-order valence-corrected chi connectivity index (χ1v) is 8.50. The smallest absolute Gasteiger partial charge is 0.161 e. The summed E-state index contributed by atoms with van der Waals surface area (Å²) in [7, 11) is 3.32. The number of halogens is 2. The molecule has 0 aromatic heterocycles. The van der Waals surface area contributed by atoms with E-state index in [4.69, 9.17) is 21.1 Å². The minimum Gasteiger partial charge on any atom is -0.493 e. The van der Waals surface area contributed by atoms with Crippen molar-refractivity contribution < 1.29 is 9.47 Å². The summed E-state index contributed by atoms with van der Waals surface area (Å²) < 4.78 is 10.7. The molecule has 0 bridgehead atoms. The topological polar surface area (TPSA) is 33.7 Å². The standard InChI is InChI=1S/C19H23ClN2O2.ClH/c1-23-18-7-6-14(10-19(18)24-2)13-22-9-8-21-12-17(22)15-4-3-5-16(20)11-15;/h3-7,10-11,17,21H,8-9,12-13H2,1-2H3;1H. The van der Waals surface area contributed by atoms with Gasteiger partial charge in [-0.1, -0.05) is 29.8 Å². The van der Waals surface area contributed by atoms with E-state index in [-0.39, 0.29) is 12.4 Å². The molecule has 3 rings (SSSR count). The monoisotopic (exact) mass is 382 g/mol. The van der Waals surface area contributed by atoms with Gasteiger partial charge in [0.2, 0.25) is 0 Å². The SMILES string of the molecule is COc1ccc(CN2CCNCC2c2cccc(Cl)c2)cc1OC.Cl. The zero-order chi connectivity index (χ0) is 16.9. The van der Waals surface area contributed by atoms with Gasteiger partial charge in [0.05, 0.1) is 14.2 Å². The predicted molar refractivity (Wildman–Crippen MR) is 104 cm³/mol. The molecule has 1 aliphatic rings. The fourth-order valence-electron chi connectivity index (χ4n) is 3.19. The predicted octanol–water partition coefficient (Wildman–Crippen LogP) is 3.93. The Labute approximate surface area is 160 Å². The van der Waals surface area contributed by atoms with Crippen molar-refractivity contribution in [2.45, 2.75) is 12.6 Å². The normalized spacial score (nSPS) is 17.6. The summed E-state index contributed by atoms with van der Waals surface area (Å²) >= 11 is 6.18. The molecule has 1 unspecified atom stereocenters. The largest absolute Gasteiger partial charge is 0.493 e. The summed E-state index contributed by atoms with van der Waals surface area (Å²) in [5.74, 6) is 1.53. The number of piperazine rings is 1. The molecule has 1 fully saturated rings. The fourth-order valence-corrected chi connectivity index (χ4v) is 3.39. The van der Waals surface area contributed by atoms with E-state index >= 15 is 0 Å². The zero-order valence-electron chi connectivity index (χ0n) is 14.5. The lowest BCUT2D eigenvalue weighted by Gasteiger charge is -2.36. The molecule has 4 nitrogen and oxygen atoms in total. The van der Waals surface area contributed by atoms with E-state index in [0.717, 1.165) is 42.7 Å². The number of nitrogens with one attached hydrogen (secondary N) is 1. The first-order valence-electron chi connectivity index (χ1n) is 8.12. The maximum atomic E-state index is 6.18. The van der Waals surface area contributed by atoms with Crippen LogP contribution in [-0.2, 0) is 6.54 Å². The highest BCUT2D eigenvalue weighted by Crippen LogP contribution is 2.30. The molecular formula is C19H24Cl2N2O2. The van der Waals surface area contributed by atoms with Gasteiger partial charge in [0.25, 0.3) is 0 Å². The van der Waals surface area contributed by atoms with E-state index in [1.807, 2.05) is 18.2 Å². The molecule has 1 atom stereocenters. The lowest BCUT2D eigenvalue weighted by atomic mass is 10.0. The van der Waals surface area contributed by atoms with Crippen molar-refractivity contribution in [1.29, 1.82) is 0 Å². The number of hydrogen-bond acceptors (Lipinski definition) is 4. The third kappa shape index (κ3) is 4.79. The van der Waals surface area contributed by atoms with Gasteiger partial charge in [-0.05, 0) is 35.4 Å². The van der Waals surface area contributed by atoms with E-state index in [9.17, 15) is 0 Å². The number of ether oxygens (including phenoxy) is 2. The molecule has 0 aliphatic carbocycles. The average Bonchev–Trinajstić information content (AvgIpc) is 2.62. The molecule has 1 saturated heterocycles. The molecule has 0 amide bonds. The second-order valence-corrected chi connectivity index (χ2v) is 6.37. The molecular weight excluding hydrogens is 359 g/mol. The Kier molecular flexibility index (Phi) is 7.38. The Hall–Kier alpha value is -1.46. The molecule has 1 heterocycles. The number of benzene rings is 2. The van der Waals surface area contributed by atoms with Crippen LogP contribution in [0.1, 0.15) is 17.2 Å². The summed E-state index contributed by atoms with van der Waals surface area (Å²) in [4.78, 5) is 2.48. The lowest BCUT2D eigenvalue weighted by Crippen LogP contribution is -2.45. The van der Waals surface area contributed by atoms with E-state index in [1.165, 1.54) is 11.1 Å². The summed E-state index contributed by atoms with van der Waals surface area (Å²) in [6, 6.07) is 14.6. The Morgan fingerprint density at radius 2 is 1.92 bits per heavy atom. The third-order valence-electron chi connectivity index (χ3n) is 4.42. The van der Waals surface area contributed by atoms with Crippen molar-refractivity contribution in [3.8, 4) is 11.5 Å². The van der Waals surface area contributed by atoms with Crippen molar-refractivity contribution in [3.05, 3.63) is 58.6 Å². The van der Waals surface area contributed by atoms with Gasteiger partial charge in [-0.2, -0.15) is 0 Å². The maximum Gasteiger partial charge on any atom is 0.161 e. The molecule has 2 aromatic rings. The van der Waals surface area contributed by atoms with Crippen LogP contribution in [0.3, 0.4) is 0 Å². The van der Waals surface area contributed by atoms with Crippen LogP contribution in [0.2, 0.25) is 5.02 Å². The lowest BCUT2D eigenvalue weighted by molar-refractivity contribution is 0.153. The van der Waals surface area contributed by atoms with Gasteiger partial charge < -0.3 is 14.8 Å². The second-order valence-electron chi connectivity index (χ2n) is 5.93. The van der Waals surface area contributed by atoms with Crippen LogP contribution in [0, 0.1) is 0 Å². The van der Waals surface area contributed by atoms with Crippen molar-refractivity contribution in [2.75, 3.05) is 33.9 Å². The number of methoxy groups -OCH3 is 2. The second kappa shape index (κ2) is 9.30. The van der Waals surface area contributed by atoms with Crippen LogP contribution in [0.15, 0.2) is 42.5 Å². The van der Waals surface area contributed by atoms with Gasteiger partial charge in [0, 0.05) is 37.2 Å². The van der Waals surface area contributed by atoms with E-state index in [0.29, 0.717) is 6.04 Å². The molecule has 1 N–H and O–H groups in total. The quantitative estimate of drug-likeness (QED) is 0.849. The Morgan fingerprint density at radius 3 is 2.64 bits per heavy atom. The summed E-state index contributed by atoms with van der Waals surface area (Å²) in [6.07, 6.45) is 0. The third-order valence-corrected chi connectivity index (χ3v) is 4.66. The Balaban J connectivity index is 0.00000225. The maximum absolute atomic E-state index is 6.18. The molecule has 6 heteroatoms. The molecule has 0 spiro atoms. The van der Waals surface area contributed by atoms with Crippen molar-refractivity contribution in [2.24, 2.45) is 0 Å². The van der Waals surface area contributed by atoms with Crippen LogP contribution in [0.4, 0.5) is 0 Å². The number of rotatable bonds is 5. The zero-order valence-corrected chi connectivity index (χ0v) is 16.1. The number of hydrogen-bond donors (Lipinski definition) is 1.